The molecule has 0 aliphatic rings. The first-order valence-electron chi connectivity index (χ1n) is 9.93. The first kappa shape index (κ1) is 19.9. The molecule has 0 atom stereocenters. The van der Waals surface area contributed by atoms with Crippen LogP contribution in [0.2, 0.25) is 0 Å². The molecule has 4 heteroatoms. The summed E-state index contributed by atoms with van der Waals surface area (Å²) in [5, 5.41) is 3.09. The number of carbonyl (C=O) groups is 1. The van der Waals surface area contributed by atoms with Crippen molar-refractivity contribution in [3.05, 3.63) is 88.0 Å². The lowest BCUT2D eigenvalue weighted by Gasteiger charge is -2.13. The van der Waals surface area contributed by atoms with E-state index in [1.807, 2.05) is 18.2 Å². The van der Waals surface area contributed by atoms with Gasteiger partial charge in [0.25, 0.3) is 5.91 Å². The van der Waals surface area contributed by atoms with E-state index in [1.54, 1.807) is 6.20 Å². The predicted molar refractivity (Wildman–Crippen MR) is 114 cm³/mol. The summed E-state index contributed by atoms with van der Waals surface area (Å²) in [6.07, 6.45) is 3.43. The van der Waals surface area contributed by atoms with Crippen molar-refractivity contribution in [2.75, 3.05) is 6.54 Å². The Kier molecular flexibility index (Phi) is 6.30. The standard InChI is InChI=1S/C24H29N3O/c1-5-22-18(3)23(24(28)26-15-13-21-8-6-7-14-25-21)27(19(22)4)16-20-11-9-17(2)10-12-20/h6-12,14H,5,13,15-16H2,1-4H3,(H,26,28). The number of amides is 1. The number of aryl methyl sites for hydroxylation is 1. The van der Waals surface area contributed by atoms with Crippen LogP contribution in [0.25, 0.3) is 0 Å². The third kappa shape index (κ3) is 4.33. The maximum absolute atomic E-state index is 13.1. The van der Waals surface area contributed by atoms with E-state index in [9.17, 15) is 4.79 Å². The molecule has 0 radical (unpaired) electrons. The van der Waals surface area contributed by atoms with Gasteiger partial charge in [-0.05, 0) is 56.0 Å². The summed E-state index contributed by atoms with van der Waals surface area (Å²) in [6.45, 7) is 9.69. The number of carbonyl (C=O) groups excluding carboxylic acids is 1. The van der Waals surface area contributed by atoms with E-state index in [0.717, 1.165) is 29.8 Å². The molecule has 1 aromatic carbocycles. The van der Waals surface area contributed by atoms with Crippen LogP contribution in [0.1, 0.15) is 51.1 Å². The molecule has 0 saturated heterocycles. The molecule has 0 bridgehead atoms. The first-order chi connectivity index (χ1) is 13.5. The zero-order valence-corrected chi connectivity index (χ0v) is 17.2. The number of hydrogen-bond donors (Lipinski definition) is 1. The van der Waals surface area contributed by atoms with E-state index in [4.69, 9.17) is 0 Å². The predicted octanol–water partition coefficient (Wildman–Crippen LogP) is 4.39. The van der Waals surface area contributed by atoms with E-state index >= 15 is 0 Å². The topological polar surface area (TPSA) is 46.9 Å². The molecule has 0 spiro atoms. The molecule has 0 saturated carbocycles. The normalized spacial score (nSPS) is 10.9. The van der Waals surface area contributed by atoms with Crippen molar-refractivity contribution in [3.63, 3.8) is 0 Å². The van der Waals surface area contributed by atoms with Crippen LogP contribution in [0.15, 0.2) is 48.7 Å². The fourth-order valence-corrected chi connectivity index (χ4v) is 3.77. The lowest BCUT2D eigenvalue weighted by molar-refractivity contribution is 0.0944. The summed E-state index contributed by atoms with van der Waals surface area (Å²) in [5.74, 6) is -0.0108. The molecule has 4 nitrogen and oxygen atoms in total. The summed E-state index contributed by atoms with van der Waals surface area (Å²) in [4.78, 5) is 17.4. The number of nitrogens with one attached hydrogen (secondary N) is 1. The van der Waals surface area contributed by atoms with E-state index in [1.165, 1.54) is 22.4 Å². The van der Waals surface area contributed by atoms with Crippen LogP contribution in [-0.2, 0) is 19.4 Å². The van der Waals surface area contributed by atoms with E-state index in [-0.39, 0.29) is 5.91 Å². The van der Waals surface area contributed by atoms with Crippen LogP contribution in [0.3, 0.4) is 0 Å². The monoisotopic (exact) mass is 375 g/mol. The zero-order valence-electron chi connectivity index (χ0n) is 17.2. The molecular formula is C24H29N3O. The Labute approximate surface area is 167 Å². The highest BCUT2D eigenvalue weighted by Crippen LogP contribution is 2.24. The summed E-state index contributed by atoms with van der Waals surface area (Å²) in [6, 6.07) is 14.4. The second-order valence-electron chi connectivity index (χ2n) is 7.29. The minimum Gasteiger partial charge on any atom is -0.350 e. The summed E-state index contributed by atoms with van der Waals surface area (Å²) >= 11 is 0. The van der Waals surface area contributed by atoms with Crippen LogP contribution < -0.4 is 5.32 Å². The van der Waals surface area contributed by atoms with Gasteiger partial charge in [0.05, 0.1) is 0 Å². The van der Waals surface area contributed by atoms with Gasteiger partial charge in [0.2, 0.25) is 0 Å². The van der Waals surface area contributed by atoms with Gasteiger partial charge >= 0.3 is 0 Å². The van der Waals surface area contributed by atoms with Gasteiger partial charge in [-0.1, -0.05) is 42.8 Å². The molecule has 2 heterocycles. The highest BCUT2D eigenvalue weighted by Gasteiger charge is 2.21. The zero-order chi connectivity index (χ0) is 20.1. The number of nitrogens with zero attached hydrogens (tertiary/aromatic N) is 2. The van der Waals surface area contributed by atoms with Gasteiger partial charge in [-0.2, -0.15) is 0 Å². The second-order valence-corrected chi connectivity index (χ2v) is 7.29. The van der Waals surface area contributed by atoms with E-state index in [2.05, 4.69) is 66.8 Å². The van der Waals surface area contributed by atoms with Gasteiger partial charge in [-0.15, -0.1) is 0 Å². The summed E-state index contributed by atoms with van der Waals surface area (Å²) in [5.41, 5.74) is 7.73. The fraction of sp³-hybridized carbons (Fsp3) is 0.333. The number of rotatable bonds is 7. The maximum Gasteiger partial charge on any atom is 0.268 e. The molecule has 1 amide bonds. The number of aromatic nitrogens is 2. The average molecular weight is 376 g/mol. The van der Waals surface area contributed by atoms with Crippen molar-refractivity contribution in [1.82, 2.24) is 14.9 Å². The van der Waals surface area contributed by atoms with Crippen molar-refractivity contribution in [3.8, 4) is 0 Å². The van der Waals surface area contributed by atoms with Crippen LogP contribution in [0.5, 0.6) is 0 Å². The molecule has 28 heavy (non-hydrogen) atoms. The average Bonchev–Trinajstić information content (AvgIpc) is 2.93. The lowest BCUT2D eigenvalue weighted by atomic mass is 10.1. The third-order valence-electron chi connectivity index (χ3n) is 5.34. The van der Waals surface area contributed by atoms with Crippen LogP contribution in [0, 0.1) is 20.8 Å². The minimum absolute atomic E-state index is 0.0108. The Hall–Kier alpha value is -2.88. The molecule has 0 fully saturated rings. The Bertz CT molecular complexity index is 940. The largest absolute Gasteiger partial charge is 0.350 e. The van der Waals surface area contributed by atoms with Crippen molar-refractivity contribution in [2.24, 2.45) is 0 Å². The molecule has 2 aromatic heterocycles. The molecule has 146 valence electrons. The van der Waals surface area contributed by atoms with E-state index in [0.29, 0.717) is 13.1 Å². The molecule has 0 aliphatic carbocycles. The van der Waals surface area contributed by atoms with Crippen LogP contribution in [-0.4, -0.2) is 22.0 Å². The Morgan fingerprint density at radius 2 is 1.82 bits per heavy atom. The smallest absolute Gasteiger partial charge is 0.268 e. The van der Waals surface area contributed by atoms with Crippen LogP contribution >= 0.6 is 0 Å². The Morgan fingerprint density at radius 3 is 2.46 bits per heavy atom. The van der Waals surface area contributed by atoms with E-state index < -0.39 is 0 Å². The van der Waals surface area contributed by atoms with Crippen molar-refractivity contribution >= 4 is 5.91 Å². The number of hydrogen-bond acceptors (Lipinski definition) is 2. The highest BCUT2D eigenvalue weighted by atomic mass is 16.1. The second kappa shape index (κ2) is 8.87. The van der Waals surface area contributed by atoms with Gasteiger partial charge < -0.3 is 9.88 Å². The van der Waals surface area contributed by atoms with Gasteiger partial charge in [0.15, 0.2) is 0 Å². The van der Waals surface area contributed by atoms with Gasteiger partial charge in [-0.3, -0.25) is 9.78 Å². The van der Waals surface area contributed by atoms with Crippen molar-refractivity contribution in [1.29, 1.82) is 0 Å². The van der Waals surface area contributed by atoms with Crippen LogP contribution in [0.4, 0.5) is 0 Å². The third-order valence-corrected chi connectivity index (χ3v) is 5.34. The SMILES string of the molecule is CCc1c(C)c(C(=O)NCCc2ccccn2)n(Cc2ccc(C)cc2)c1C. The molecule has 1 N–H and O–H groups in total. The maximum atomic E-state index is 13.1. The molecule has 0 unspecified atom stereocenters. The minimum atomic E-state index is -0.0108. The van der Waals surface area contributed by atoms with Crippen molar-refractivity contribution in [2.45, 2.75) is 47.1 Å². The Balaban J connectivity index is 1.81. The first-order valence-corrected chi connectivity index (χ1v) is 9.93. The fourth-order valence-electron chi connectivity index (χ4n) is 3.77. The highest BCUT2D eigenvalue weighted by molar-refractivity contribution is 5.95. The molecular weight excluding hydrogens is 346 g/mol. The van der Waals surface area contributed by atoms with Crippen molar-refractivity contribution < 1.29 is 4.79 Å². The lowest BCUT2D eigenvalue weighted by Crippen LogP contribution is -2.29. The van der Waals surface area contributed by atoms with Gasteiger partial charge in [0, 0.05) is 37.1 Å². The Morgan fingerprint density at radius 1 is 1.07 bits per heavy atom. The number of benzene rings is 1. The van der Waals surface area contributed by atoms with Gasteiger partial charge in [-0.25, -0.2) is 0 Å². The molecule has 3 aromatic rings. The molecule has 3 rings (SSSR count). The molecule has 0 aliphatic heterocycles. The quantitative estimate of drug-likeness (QED) is 0.666. The van der Waals surface area contributed by atoms with Gasteiger partial charge in [0.1, 0.15) is 5.69 Å². The number of pyridine rings is 1. The summed E-state index contributed by atoms with van der Waals surface area (Å²) < 4.78 is 2.16. The summed E-state index contributed by atoms with van der Waals surface area (Å²) in [7, 11) is 0.